The number of aliphatic hydroxyl groups excluding tert-OH is 1. The van der Waals surface area contributed by atoms with Crippen molar-refractivity contribution in [3.05, 3.63) is 0 Å². The number of hydrogen-bond acceptors (Lipinski definition) is 4. The molecule has 0 aliphatic rings. The van der Waals surface area contributed by atoms with Crippen molar-refractivity contribution in [1.82, 2.24) is 0 Å². The highest BCUT2D eigenvalue weighted by atomic mass is 16.5. The van der Waals surface area contributed by atoms with Crippen LogP contribution < -0.4 is 0 Å². The zero-order chi connectivity index (χ0) is 14.2. The van der Waals surface area contributed by atoms with E-state index in [1.165, 1.54) is 19.3 Å². The highest BCUT2D eigenvalue weighted by Crippen LogP contribution is 1.99. The summed E-state index contributed by atoms with van der Waals surface area (Å²) in [6, 6.07) is 0. The third-order valence-corrected chi connectivity index (χ3v) is 2.78. The Morgan fingerprint density at radius 1 is 0.684 bits per heavy atom. The van der Waals surface area contributed by atoms with Gasteiger partial charge in [0.2, 0.25) is 0 Å². The monoisotopic (exact) mass is 276 g/mol. The Kier molecular flexibility index (Phi) is 15.8. The lowest BCUT2D eigenvalue weighted by atomic mass is 10.2. The lowest BCUT2D eigenvalue weighted by molar-refractivity contribution is -0.0325. The average Bonchev–Trinajstić information content (AvgIpc) is 2.41. The van der Waals surface area contributed by atoms with Gasteiger partial charge in [-0.3, -0.25) is 0 Å². The molecule has 1 N–H and O–H groups in total. The number of unbranched alkanes of at least 4 members (excludes halogenated alkanes) is 4. The van der Waals surface area contributed by atoms with Crippen LogP contribution in [0.25, 0.3) is 0 Å². The summed E-state index contributed by atoms with van der Waals surface area (Å²) in [6.45, 7) is 7.68. The lowest BCUT2D eigenvalue weighted by Crippen LogP contribution is -2.23. The summed E-state index contributed by atoms with van der Waals surface area (Å²) in [6.07, 6.45) is 6.49. The normalized spacial score (nSPS) is 12.8. The third-order valence-electron chi connectivity index (χ3n) is 2.78. The third kappa shape index (κ3) is 15.8. The standard InChI is InChI=1S/C15H32O4/c1-3-5-7-8-10-18-13-15(16)14-19-12-11-17-9-6-4-2/h15-16H,3-14H2,1-2H3/t15-/m0/s1. The van der Waals surface area contributed by atoms with Gasteiger partial charge in [-0.05, 0) is 12.8 Å². The van der Waals surface area contributed by atoms with Crippen LogP contribution in [-0.4, -0.2) is 50.9 Å². The highest BCUT2D eigenvalue weighted by molar-refractivity contribution is 4.51. The minimum absolute atomic E-state index is 0.325. The van der Waals surface area contributed by atoms with Crippen molar-refractivity contribution in [2.45, 2.75) is 58.5 Å². The van der Waals surface area contributed by atoms with Crippen LogP contribution in [0.3, 0.4) is 0 Å². The van der Waals surface area contributed by atoms with E-state index in [1.807, 2.05) is 0 Å². The van der Waals surface area contributed by atoms with Gasteiger partial charge in [0, 0.05) is 13.2 Å². The number of rotatable bonds is 15. The molecule has 19 heavy (non-hydrogen) atoms. The van der Waals surface area contributed by atoms with Crippen molar-refractivity contribution >= 4 is 0 Å². The summed E-state index contributed by atoms with van der Waals surface area (Å²) in [5.41, 5.74) is 0. The molecule has 0 amide bonds. The fourth-order valence-corrected chi connectivity index (χ4v) is 1.58. The molecule has 0 aliphatic carbocycles. The molecule has 4 nitrogen and oxygen atoms in total. The van der Waals surface area contributed by atoms with Gasteiger partial charge in [0.15, 0.2) is 0 Å². The van der Waals surface area contributed by atoms with E-state index in [2.05, 4.69) is 13.8 Å². The van der Waals surface area contributed by atoms with Crippen molar-refractivity contribution in [3.63, 3.8) is 0 Å². The predicted molar refractivity (Wildman–Crippen MR) is 77.5 cm³/mol. The Labute approximate surface area is 118 Å². The van der Waals surface area contributed by atoms with Crippen molar-refractivity contribution < 1.29 is 19.3 Å². The van der Waals surface area contributed by atoms with Gasteiger partial charge in [0.05, 0.1) is 26.4 Å². The van der Waals surface area contributed by atoms with Crippen LogP contribution in [-0.2, 0) is 14.2 Å². The molecular formula is C15H32O4. The Balaban J connectivity index is 3.10. The van der Waals surface area contributed by atoms with Gasteiger partial charge in [0.25, 0.3) is 0 Å². The molecule has 4 heteroatoms. The van der Waals surface area contributed by atoms with E-state index >= 15 is 0 Å². The quantitative estimate of drug-likeness (QED) is 0.467. The van der Waals surface area contributed by atoms with Gasteiger partial charge in [-0.1, -0.05) is 39.5 Å². The zero-order valence-electron chi connectivity index (χ0n) is 12.7. The molecule has 0 saturated heterocycles. The van der Waals surface area contributed by atoms with Crippen molar-refractivity contribution in [2.75, 3.05) is 39.6 Å². The topological polar surface area (TPSA) is 47.9 Å². The highest BCUT2D eigenvalue weighted by Gasteiger charge is 2.04. The van der Waals surface area contributed by atoms with E-state index < -0.39 is 6.10 Å². The number of hydrogen-bond donors (Lipinski definition) is 1. The molecule has 0 saturated carbocycles. The molecule has 0 fully saturated rings. The maximum Gasteiger partial charge on any atom is 0.101 e. The van der Waals surface area contributed by atoms with Crippen LogP contribution in [0.2, 0.25) is 0 Å². The van der Waals surface area contributed by atoms with Crippen molar-refractivity contribution in [1.29, 1.82) is 0 Å². The molecule has 1 atom stereocenters. The summed E-state index contributed by atoms with van der Waals surface area (Å²) in [7, 11) is 0. The number of aliphatic hydroxyl groups is 1. The van der Waals surface area contributed by atoms with Gasteiger partial charge in [-0.15, -0.1) is 0 Å². The van der Waals surface area contributed by atoms with Crippen LogP contribution in [0, 0.1) is 0 Å². The van der Waals surface area contributed by atoms with Crippen LogP contribution in [0.15, 0.2) is 0 Å². The second-order valence-corrected chi connectivity index (χ2v) is 4.83. The van der Waals surface area contributed by atoms with E-state index in [1.54, 1.807) is 0 Å². The lowest BCUT2D eigenvalue weighted by Gasteiger charge is -2.12. The van der Waals surface area contributed by atoms with Gasteiger partial charge in [0.1, 0.15) is 6.10 Å². The van der Waals surface area contributed by atoms with E-state index in [0.29, 0.717) is 26.4 Å². The molecule has 116 valence electrons. The fraction of sp³-hybridized carbons (Fsp3) is 1.00. The first kappa shape index (κ1) is 18.8. The van der Waals surface area contributed by atoms with Crippen LogP contribution in [0.1, 0.15) is 52.4 Å². The Morgan fingerprint density at radius 2 is 1.26 bits per heavy atom. The van der Waals surface area contributed by atoms with Crippen molar-refractivity contribution in [2.24, 2.45) is 0 Å². The maximum atomic E-state index is 9.60. The van der Waals surface area contributed by atoms with Crippen LogP contribution >= 0.6 is 0 Å². The summed E-state index contributed by atoms with van der Waals surface area (Å²) < 4.78 is 16.1. The molecule has 0 radical (unpaired) electrons. The Hall–Kier alpha value is -0.160. The minimum Gasteiger partial charge on any atom is -0.388 e. The first-order valence-corrected chi connectivity index (χ1v) is 7.72. The summed E-state index contributed by atoms with van der Waals surface area (Å²) in [5.74, 6) is 0. The SMILES string of the molecule is CCCCCCOC[C@H](O)COCCOCCCC. The molecule has 0 unspecified atom stereocenters. The van der Waals surface area contributed by atoms with Gasteiger partial charge in [-0.25, -0.2) is 0 Å². The second kappa shape index (κ2) is 15.9. The molecule has 0 heterocycles. The van der Waals surface area contributed by atoms with E-state index in [4.69, 9.17) is 14.2 Å². The molecule has 0 aromatic rings. The summed E-state index contributed by atoms with van der Waals surface area (Å²) >= 11 is 0. The molecule has 0 spiro atoms. The average molecular weight is 276 g/mol. The first-order chi connectivity index (χ1) is 9.31. The smallest absolute Gasteiger partial charge is 0.101 e. The summed E-state index contributed by atoms with van der Waals surface area (Å²) in [5, 5.41) is 9.60. The van der Waals surface area contributed by atoms with E-state index in [-0.39, 0.29) is 0 Å². The Bertz CT molecular complexity index is 164. The van der Waals surface area contributed by atoms with Gasteiger partial charge in [-0.2, -0.15) is 0 Å². The molecular weight excluding hydrogens is 244 g/mol. The fourth-order valence-electron chi connectivity index (χ4n) is 1.58. The zero-order valence-corrected chi connectivity index (χ0v) is 12.7. The minimum atomic E-state index is -0.526. The first-order valence-electron chi connectivity index (χ1n) is 7.72. The number of ether oxygens (including phenoxy) is 3. The molecule has 0 rings (SSSR count). The second-order valence-electron chi connectivity index (χ2n) is 4.83. The molecule has 0 aromatic heterocycles. The van der Waals surface area contributed by atoms with E-state index in [9.17, 15) is 5.11 Å². The van der Waals surface area contributed by atoms with Gasteiger partial charge < -0.3 is 19.3 Å². The van der Waals surface area contributed by atoms with E-state index in [0.717, 1.165) is 32.5 Å². The molecule has 0 bridgehead atoms. The maximum absolute atomic E-state index is 9.60. The predicted octanol–water partition coefficient (Wildman–Crippen LogP) is 2.78. The van der Waals surface area contributed by atoms with Crippen LogP contribution in [0.5, 0.6) is 0 Å². The van der Waals surface area contributed by atoms with Crippen molar-refractivity contribution in [3.8, 4) is 0 Å². The largest absolute Gasteiger partial charge is 0.388 e. The van der Waals surface area contributed by atoms with Gasteiger partial charge >= 0.3 is 0 Å². The molecule has 0 aromatic carbocycles. The summed E-state index contributed by atoms with van der Waals surface area (Å²) in [4.78, 5) is 0. The molecule has 0 aliphatic heterocycles. The Morgan fingerprint density at radius 3 is 1.95 bits per heavy atom. The van der Waals surface area contributed by atoms with Crippen LogP contribution in [0.4, 0.5) is 0 Å².